The van der Waals surface area contributed by atoms with Crippen LogP contribution in [0.4, 0.5) is 11.4 Å². The standard InChI is InChI=1S/C13H16N4O/c1-15-12(18)6-8-16-11-5-4-10(14)9-3-2-7-17-13(9)11/h2-5,7,16H,6,8,14H2,1H3,(H,15,18). The molecule has 1 aromatic carbocycles. The molecule has 0 radical (unpaired) electrons. The summed E-state index contributed by atoms with van der Waals surface area (Å²) >= 11 is 0. The Hall–Kier alpha value is -2.30. The van der Waals surface area contributed by atoms with E-state index in [1.807, 2.05) is 24.3 Å². The number of nitrogens with two attached hydrogens (primary N) is 1. The first kappa shape index (κ1) is 12.2. The predicted octanol–water partition coefficient (Wildman–Crippen LogP) is 1.36. The monoisotopic (exact) mass is 244 g/mol. The molecule has 0 spiro atoms. The first-order valence-electron chi connectivity index (χ1n) is 5.80. The van der Waals surface area contributed by atoms with Crippen molar-refractivity contribution in [3.63, 3.8) is 0 Å². The Balaban J connectivity index is 2.18. The Labute approximate surface area is 105 Å². The number of amides is 1. The SMILES string of the molecule is CNC(=O)CCNc1ccc(N)c2cccnc12. The molecule has 2 aromatic rings. The van der Waals surface area contributed by atoms with E-state index >= 15 is 0 Å². The van der Waals surface area contributed by atoms with Gasteiger partial charge in [0.2, 0.25) is 5.91 Å². The van der Waals surface area contributed by atoms with Crippen LogP contribution in [0.3, 0.4) is 0 Å². The zero-order chi connectivity index (χ0) is 13.0. The molecule has 0 bridgehead atoms. The molecule has 2 rings (SSSR count). The topological polar surface area (TPSA) is 80.0 Å². The van der Waals surface area contributed by atoms with Gasteiger partial charge in [-0.25, -0.2) is 0 Å². The third-order valence-corrected chi connectivity index (χ3v) is 2.75. The highest BCUT2D eigenvalue weighted by Crippen LogP contribution is 2.25. The van der Waals surface area contributed by atoms with Crippen molar-refractivity contribution < 1.29 is 4.79 Å². The highest BCUT2D eigenvalue weighted by molar-refractivity contribution is 5.98. The number of pyridine rings is 1. The van der Waals surface area contributed by atoms with E-state index in [0.717, 1.165) is 16.6 Å². The van der Waals surface area contributed by atoms with E-state index in [9.17, 15) is 4.79 Å². The Bertz CT molecular complexity index is 568. The first-order valence-corrected chi connectivity index (χ1v) is 5.80. The van der Waals surface area contributed by atoms with Gasteiger partial charge in [-0.05, 0) is 24.3 Å². The molecule has 0 unspecified atom stereocenters. The maximum absolute atomic E-state index is 11.1. The van der Waals surface area contributed by atoms with Crippen LogP contribution >= 0.6 is 0 Å². The van der Waals surface area contributed by atoms with Gasteiger partial charge in [-0.15, -0.1) is 0 Å². The van der Waals surface area contributed by atoms with Gasteiger partial charge in [0.1, 0.15) is 0 Å². The van der Waals surface area contributed by atoms with Gasteiger partial charge in [0, 0.05) is 37.3 Å². The fourth-order valence-electron chi connectivity index (χ4n) is 1.77. The van der Waals surface area contributed by atoms with Crippen molar-refractivity contribution in [3.8, 4) is 0 Å². The highest BCUT2D eigenvalue weighted by atomic mass is 16.1. The molecular formula is C13H16N4O. The second-order valence-electron chi connectivity index (χ2n) is 3.95. The Morgan fingerprint density at radius 3 is 3.00 bits per heavy atom. The molecule has 0 aliphatic heterocycles. The number of rotatable bonds is 4. The number of hydrogen-bond acceptors (Lipinski definition) is 4. The van der Waals surface area contributed by atoms with Gasteiger partial charge in [-0.2, -0.15) is 0 Å². The Kier molecular flexibility index (Phi) is 3.62. The van der Waals surface area contributed by atoms with E-state index in [4.69, 9.17) is 5.73 Å². The van der Waals surface area contributed by atoms with E-state index in [0.29, 0.717) is 18.7 Å². The number of nitrogens with one attached hydrogen (secondary N) is 2. The average Bonchev–Trinajstić information content (AvgIpc) is 2.41. The third-order valence-electron chi connectivity index (χ3n) is 2.75. The maximum Gasteiger partial charge on any atom is 0.221 e. The molecule has 94 valence electrons. The number of fused-ring (bicyclic) bond motifs is 1. The zero-order valence-electron chi connectivity index (χ0n) is 10.2. The molecule has 1 amide bonds. The summed E-state index contributed by atoms with van der Waals surface area (Å²) in [5.41, 5.74) is 8.32. The molecule has 0 saturated carbocycles. The lowest BCUT2D eigenvalue weighted by Crippen LogP contribution is -2.20. The highest BCUT2D eigenvalue weighted by Gasteiger charge is 2.05. The molecule has 0 aliphatic carbocycles. The van der Waals surface area contributed by atoms with Crippen LogP contribution in [0, 0.1) is 0 Å². The average molecular weight is 244 g/mol. The molecule has 0 aliphatic rings. The lowest BCUT2D eigenvalue weighted by Gasteiger charge is -2.10. The third kappa shape index (κ3) is 2.51. The van der Waals surface area contributed by atoms with Crippen molar-refractivity contribution in [1.29, 1.82) is 0 Å². The molecular weight excluding hydrogens is 228 g/mol. The number of aromatic nitrogens is 1. The van der Waals surface area contributed by atoms with Gasteiger partial charge in [-0.1, -0.05) is 0 Å². The Morgan fingerprint density at radius 2 is 2.22 bits per heavy atom. The van der Waals surface area contributed by atoms with Gasteiger partial charge >= 0.3 is 0 Å². The Morgan fingerprint density at radius 1 is 1.39 bits per heavy atom. The first-order chi connectivity index (χ1) is 8.72. The summed E-state index contributed by atoms with van der Waals surface area (Å²) in [5.74, 6) is 0.00945. The van der Waals surface area contributed by atoms with E-state index < -0.39 is 0 Å². The minimum absolute atomic E-state index is 0.00945. The molecule has 0 atom stereocenters. The molecule has 1 heterocycles. The van der Waals surface area contributed by atoms with Crippen LogP contribution in [-0.2, 0) is 4.79 Å². The van der Waals surface area contributed by atoms with Crippen molar-refractivity contribution in [2.45, 2.75) is 6.42 Å². The number of anilines is 2. The van der Waals surface area contributed by atoms with Crippen molar-refractivity contribution in [3.05, 3.63) is 30.5 Å². The number of carbonyl (C=O) groups excluding carboxylic acids is 1. The van der Waals surface area contributed by atoms with Crippen LogP contribution in [-0.4, -0.2) is 24.5 Å². The smallest absolute Gasteiger partial charge is 0.221 e. The molecule has 5 nitrogen and oxygen atoms in total. The summed E-state index contributed by atoms with van der Waals surface area (Å²) in [7, 11) is 1.63. The van der Waals surface area contributed by atoms with E-state index in [-0.39, 0.29) is 5.91 Å². The second kappa shape index (κ2) is 5.35. The molecule has 0 fully saturated rings. The summed E-state index contributed by atoms with van der Waals surface area (Å²) in [6.07, 6.45) is 2.15. The molecule has 4 N–H and O–H groups in total. The van der Waals surface area contributed by atoms with Gasteiger partial charge in [0.05, 0.1) is 11.2 Å². The van der Waals surface area contributed by atoms with Gasteiger partial charge < -0.3 is 16.4 Å². The lowest BCUT2D eigenvalue weighted by molar-refractivity contribution is -0.120. The second-order valence-corrected chi connectivity index (χ2v) is 3.95. The normalized spacial score (nSPS) is 10.3. The quantitative estimate of drug-likeness (QED) is 0.709. The molecule has 5 heteroatoms. The van der Waals surface area contributed by atoms with E-state index in [2.05, 4.69) is 15.6 Å². The summed E-state index contributed by atoms with van der Waals surface area (Å²) in [4.78, 5) is 15.4. The van der Waals surface area contributed by atoms with Crippen LogP contribution in [0.15, 0.2) is 30.5 Å². The summed E-state index contributed by atoms with van der Waals surface area (Å²) < 4.78 is 0. The minimum atomic E-state index is 0.00945. The largest absolute Gasteiger partial charge is 0.398 e. The van der Waals surface area contributed by atoms with Crippen LogP contribution in [0.1, 0.15) is 6.42 Å². The van der Waals surface area contributed by atoms with E-state index in [1.165, 1.54) is 0 Å². The van der Waals surface area contributed by atoms with Gasteiger partial charge in [0.25, 0.3) is 0 Å². The van der Waals surface area contributed by atoms with Gasteiger partial charge in [-0.3, -0.25) is 9.78 Å². The summed E-state index contributed by atoms with van der Waals surface area (Å²) in [6.45, 7) is 0.565. The maximum atomic E-state index is 11.1. The van der Waals surface area contributed by atoms with Crippen LogP contribution < -0.4 is 16.4 Å². The minimum Gasteiger partial charge on any atom is -0.398 e. The number of nitrogens with zero attached hydrogens (tertiary/aromatic N) is 1. The van der Waals surface area contributed by atoms with Crippen molar-refractivity contribution in [1.82, 2.24) is 10.3 Å². The lowest BCUT2D eigenvalue weighted by atomic mass is 10.1. The van der Waals surface area contributed by atoms with Crippen LogP contribution in [0.5, 0.6) is 0 Å². The van der Waals surface area contributed by atoms with Crippen molar-refractivity contribution >= 4 is 28.2 Å². The molecule has 1 aromatic heterocycles. The zero-order valence-corrected chi connectivity index (χ0v) is 10.2. The van der Waals surface area contributed by atoms with E-state index in [1.54, 1.807) is 13.2 Å². The van der Waals surface area contributed by atoms with Crippen LogP contribution in [0.25, 0.3) is 10.9 Å². The number of carbonyl (C=O) groups is 1. The summed E-state index contributed by atoms with van der Waals surface area (Å²) in [5, 5.41) is 6.70. The van der Waals surface area contributed by atoms with Crippen molar-refractivity contribution in [2.24, 2.45) is 0 Å². The van der Waals surface area contributed by atoms with Crippen molar-refractivity contribution in [2.75, 3.05) is 24.6 Å². The predicted molar refractivity (Wildman–Crippen MR) is 73.3 cm³/mol. The molecule has 0 saturated heterocycles. The fraction of sp³-hybridized carbons (Fsp3) is 0.231. The summed E-state index contributed by atoms with van der Waals surface area (Å²) in [6, 6.07) is 7.51. The van der Waals surface area contributed by atoms with Gasteiger partial charge in [0.15, 0.2) is 0 Å². The molecule has 18 heavy (non-hydrogen) atoms. The number of benzene rings is 1. The number of nitrogen functional groups attached to an aromatic ring is 1. The number of hydrogen-bond donors (Lipinski definition) is 3. The fourth-order valence-corrected chi connectivity index (χ4v) is 1.77. The van der Waals surface area contributed by atoms with Crippen LogP contribution in [0.2, 0.25) is 0 Å².